The predicted octanol–water partition coefficient (Wildman–Crippen LogP) is 3.74. The quantitative estimate of drug-likeness (QED) is 0.399. The Bertz CT molecular complexity index is 1330. The number of ether oxygens (including phenoxy) is 1. The molecule has 2 aliphatic rings. The monoisotopic (exact) mass is 486 g/mol. The zero-order valence-electron chi connectivity index (χ0n) is 17.9. The summed E-state index contributed by atoms with van der Waals surface area (Å²) in [6, 6.07) is 10.2. The number of fused-ring (bicyclic) bond motifs is 1. The molecule has 1 saturated heterocycles. The van der Waals surface area contributed by atoms with Gasteiger partial charge in [0, 0.05) is 42.3 Å². The number of nitro benzene ring substituents is 1. The summed E-state index contributed by atoms with van der Waals surface area (Å²) >= 11 is 1.59. The minimum Gasteiger partial charge on any atom is -0.379 e. The summed E-state index contributed by atoms with van der Waals surface area (Å²) in [4.78, 5) is 17.8. The molecule has 3 aromatic rings. The molecule has 0 unspecified atom stereocenters. The number of nitro groups is 1. The predicted molar refractivity (Wildman–Crippen MR) is 126 cm³/mol. The lowest BCUT2D eigenvalue weighted by atomic mass is 10.1. The number of sulfonamides is 1. The third-order valence-corrected chi connectivity index (χ3v) is 8.60. The van der Waals surface area contributed by atoms with Gasteiger partial charge < -0.3 is 9.64 Å². The van der Waals surface area contributed by atoms with Crippen LogP contribution in [0.15, 0.2) is 46.7 Å². The van der Waals surface area contributed by atoms with Crippen LogP contribution in [0, 0.1) is 17.0 Å². The molecule has 2 aromatic carbocycles. The van der Waals surface area contributed by atoms with Crippen molar-refractivity contribution in [1.82, 2.24) is 9.29 Å². The molecule has 172 valence electrons. The van der Waals surface area contributed by atoms with Crippen LogP contribution in [0.4, 0.5) is 17.1 Å². The van der Waals surface area contributed by atoms with Crippen LogP contribution in [-0.4, -0.2) is 55.5 Å². The Labute approximate surface area is 195 Å². The summed E-state index contributed by atoms with van der Waals surface area (Å²) in [6.45, 7) is 3.63. The zero-order valence-corrected chi connectivity index (χ0v) is 19.6. The maximum Gasteiger partial charge on any atom is 0.294 e. The van der Waals surface area contributed by atoms with Crippen LogP contribution in [0.3, 0.4) is 0 Å². The second kappa shape index (κ2) is 8.49. The molecule has 2 aliphatic heterocycles. The van der Waals surface area contributed by atoms with Crippen molar-refractivity contribution < 1.29 is 18.1 Å². The molecule has 0 N–H and O–H groups in total. The number of aromatic nitrogens is 1. The Balaban J connectivity index is 1.50. The van der Waals surface area contributed by atoms with Crippen LogP contribution >= 0.6 is 11.3 Å². The van der Waals surface area contributed by atoms with Crippen LogP contribution in [-0.2, 0) is 21.2 Å². The lowest BCUT2D eigenvalue weighted by Crippen LogP contribution is -2.40. The lowest BCUT2D eigenvalue weighted by Gasteiger charge is -2.26. The summed E-state index contributed by atoms with van der Waals surface area (Å²) in [5, 5.41) is 14.9. The molecule has 0 atom stereocenters. The fourth-order valence-corrected chi connectivity index (χ4v) is 6.33. The van der Waals surface area contributed by atoms with Crippen molar-refractivity contribution in [3.8, 4) is 11.3 Å². The van der Waals surface area contributed by atoms with Crippen molar-refractivity contribution >= 4 is 38.4 Å². The van der Waals surface area contributed by atoms with E-state index in [0.717, 1.165) is 33.9 Å². The molecule has 0 radical (unpaired) electrons. The molecule has 0 saturated carbocycles. The van der Waals surface area contributed by atoms with Gasteiger partial charge in [-0.1, -0.05) is 6.07 Å². The van der Waals surface area contributed by atoms with Gasteiger partial charge in [-0.3, -0.25) is 10.1 Å². The van der Waals surface area contributed by atoms with E-state index in [0.29, 0.717) is 25.4 Å². The third kappa shape index (κ3) is 4.01. The second-order valence-electron chi connectivity index (χ2n) is 7.92. The van der Waals surface area contributed by atoms with Gasteiger partial charge in [0.2, 0.25) is 10.0 Å². The molecule has 5 rings (SSSR count). The molecule has 0 bridgehead atoms. The highest BCUT2D eigenvalue weighted by molar-refractivity contribution is 7.89. The average Bonchev–Trinajstić information content (AvgIpc) is 3.45. The number of thiazole rings is 1. The van der Waals surface area contributed by atoms with E-state index in [1.165, 1.54) is 22.5 Å². The van der Waals surface area contributed by atoms with Gasteiger partial charge in [0.25, 0.3) is 5.69 Å². The molecule has 0 aliphatic carbocycles. The van der Waals surface area contributed by atoms with Gasteiger partial charge in [-0.2, -0.15) is 4.31 Å². The molecule has 33 heavy (non-hydrogen) atoms. The van der Waals surface area contributed by atoms with Crippen molar-refractivity contribution in [3.05, 3.63) is 62.5 Å². The molecule has 11 heteroatoms. The van der Waals surface area contributed by atoms with Crippen molar-refractivity contribution in [2.24, 2.45) is 0 Å². The first-order valence-electron chi connectivity index (χ1n) is 10.5. The topological polar surface area (TPSA) is 106 Å². The van der Waals surface area contributed by atoms with Crippen LogP contribution in [0.25, 0.3) is 11.3 Å². The number of rotatable bonds is 5. The Morgan fingerprint density at radius 1 is 1.09 bits per heavy atom. The summed E-state index contributed by atoms with van der Waals surface area (Å²) < 4.78 is 32.5. The number of anilines is 2. The number of nitrogens with zero attached hydrogens (tertiary/aromatic N) is 4. The van der Waals surface area contributed by atoms with Gasteiger partial charge in [-0.05, 0) is 43.2 Å². The van der Waals surface area contributed by atoms with Gasteiger partial charge in [0.05, 0.1) is 33.7 Å². The number of aryl methyl sites for hydroxylation is 1. The summed E-state index contributed by atoms with van der Waals surface area (Å²) in [6.07, 6.45) is 0.733. The Morgan fingerprint density at radius 3 is 2.55 bits per heavy atom. The maximum absolute atomic E-state index is 13.0. The smallest absolute Gasteiger partial charge is 0.294 e. The molecule has 0 spiro atoms. The van der Waals surface area contributed by atoms with E-state index < -0.39 is 14.9 Å². The number of hydrogen-bond donors (Lipinski definition) is 0. The van der Waals surface area contributed by atoms with Crippen LogP contribution in [0.2, 0.25) is 0 Å². The average molecular weight is 487 g/mol. The fourth-order valence-electron chi connectivity index (χ4n) is 4.28. The highest BCUT2D eigenvalue weighted by atomic mass is 32.2. The first kappa shape index (κ1) is 22.0. The van der Waals surface area contributed by atoms with E-state index in [2.05, 4.69) is 11.1 Å². The molecule has 1 aromatic heterocycles. The van der Waals surface area contributed by atoms with Crippen molar-refractivity contribution in [2.75, 3.05) is 37.7 Å². The standard InChI is InChI=1S/C22H22N4O5S2/c1-15-23-19(14-32-15)16-2-4-20-17(12-16)6-7-25(20)21-5-3-18(13-22(21)26(27)28)33(29,30)24-8-10-31-11-9-24/h2-5,12-14H,6-11H2,1H3. The number of benzene rings is 2. The van der Waals surface area contributed by atoms with E-state index in [1.807, 2.05) is 29.3 Å². The number of hydrogen-bond acceptors (Lipinski definition) is 8. The first-order valence-corrected chi connectivity index (χ1v) is 12.9. The summed E-state index contributed by atoms with van der Waals surface area (Å²) in [7, 11) is -3.83. The van der Waals surface area contributed by atoms with Gasteiger partial charge in [0.15, 0.2) is 0 Å². The largest absolute Gasteiger partial charge is 0.379 e. The van der Waals surface area contributed by atoms with Gasteiger partial charge in [-0.25, -0.2) is 13.4 Å². The van der Waals surface area contributed by atoms with Gasteiger partial charge >= 0.3 is 0 Å². The molecule has 9 nitrogen and oxygen atoms in total. The Kier molecular flexibility index (Phi) is 5.65. The van der Waals surface area contributed by atoms with E-state index in [-0.39, 0.29) is 23.7 Å². The highest BCUT2D eigenvalue weighted by Gasteiger charge is 2.32. The Morgan fingerprint density at radius 2 is 1.85 bits per heavy atom. The van der Waals surface area contributed by atoms with Crippen LogP contribution in [0.5, 0.6) is 0 Å². The molecule has 1 fully saturated rings. The highest BCUT2D eigenvalue weighted by Crippen LogP contribution is 2.41. The van der Waals surface area contributed by atoms with E-state index in [9.17, 15) is 18.5 Å². The van der Waals surface area contributed by atoms with Gasteiger partial charge in [0.1, 0.15) is 5.69 Å². The van der Waals surface area contributed by atoms with Crippen LogP contribution in [0.1, 0.15) is 10.6 Å². The minimum atomic E-state index is -3.83. The third-order valence-electron chi connectivity index (χ3n) is 5.93. The normalized spacial score (nSPS) is 16.7. The zero-order chi connectivity index (χ0) is 23.2. The van der Waals surface area contributed by atoms with E-state index in [1.54, 1.807) is 11.3 Å². The first-order chi connectivity index (χ1) is 15.8. The van der Waals surface area contributed by atoms with E-state index >= 15 is 0 Å². The second-order valence-corrected chi connectivity index (χ2v) is 10.9. The van der Waals surface area contributed by atoms with Crippen LogP contribution < -0.4 is 4.90 Å². The van der Waals surface area contributed by atoms with Crippen molar-refractivity contribution in [2.45, 2.75) is 18.2 Å². The molecular weight excluding hydrogens is 464 g/mol. The van der Waals surface area contributed by atoms with Gasteiger partial charge in [-0.15, -0.1) is 11.3 Å². The maximum atomic E-state index is 13.0. The van der Waals surface area contributed by atoms with E-state index in [4.69, 9.17) is 4.74 Å². The molecule has 0 amide bonds. The van der Waals surface area contributed by atoms with Crippen molar-refractivity contribution in [1.29, 1.82) is 0 Å². The summed E-state index contributed by atoms with van der Waals surface area (Å²) in [5.74, 6) is 0. The lowest BCUT2D eigenvalue weighted by molar-refractivity contribution is -0.384. The molecule has 3 heterocycles. The fraction of sp³-hybridized carbons (Fsp3) is 0.318. The Hall–Kier alpha value is -2.86. The number of morpholine rings is 1. The SMILES string of the molecule is Cc1nc(-c2ccc3c(c2)CCN3c2ccc(S(=O)(=O)N3CCOCC3)cc2[N+](=O)[O-])cs1. The summed E-state index contributed by atoms with van der Waals surface area (Å²) in [5.41, 5.74) is 4.06. The van der Waals surface area contributed by atoms with Crippen molar-refractivity contribution in [3.63, 3.8) is 0 Å². The molecular formula is C22H22N4O5S2. The minimum absolute atomic E-state index is 0.0754.